The molecule has 8 heteroatoms. The Kier molecular flexibility index (Phi) is 6.09. The molecule has 0 aromatic heterocycles. The van der Waals surface area contributed by atoms with E-state index in [0.717, 1.165) is 40.9 Å². The molecule has 1 aliphatic carbocycles. The van der Waals surface area contributed by atoms with E-state index in [4.69, 9.17) is 0 Å². The molecule has 0 unspecified atom stereocenters. The number of anilines is 2. The molecule has 2 aromatic carbocycles. The molecule has 1 heterocycles. The van der Waals surface area contributed by atoms with Gasteiger partial charge in [-0.25, -0.2) is 13.1 Å². The Morgan fingerprint density at radius 2 is 1.84 bits per heavy atom. The molecule has 32 heavy (non-hydrogen) atoms. The average molecular weight is 456 g/mol. The zero-order chi connectivity index (χ0) is 23.0. The van der Waals surface area contributed by atoms with Gasteiger partial charge in [0.15, 0.2) is 0 Å². The number of sulfonamides is 1. The summed E-state index contributed by atoms with van der Waals surface area (Å²) in [6, 6.07) is 10.7. The van der Waals surface area contributed by atoms with E-state index in [9.17, 15) is 18.0 Å². The van der Waals surface area contributed by atoms with Crippen molar-refractivity contribution in [3.8, 4) is 0 Å². The largest absolute Gasteiger partial charge is 0.326 e. The summed E-state index contributed by atoms with van der Waals surface area (Å²) in [6.45, 7) is 5.88. The molecule has 0 bridgehead atoms. The minimum absolute atomic E-state index is 0.00114. The second-order valence-electron chi connectivity index (χ2n) is 8.84. The Morgan fingerprint density at radius 3 is 2.53 bits per heavy atom. The number of nitrogens with zero attached hydrogens (tertiary/aromatic N) is 1. The smallest absolute Gasteiger partial charge is 0.240 e. The molecule has 1 fully saturated rings. The molecule has 0 radical (unpaired) electrons. The maximum absolute atomic E-state index is 12.8. The fourth-order valence-corrected chi connectivity index (χ4v) is 5.27. The predicted molar refractivity (Wildman–Crippen MR) is 124 cm³/mol. The molecular formula is C24H29N3O4S. The quantitative estimate of drug-likeness (QED) is 0.670. The lowest BCUT2D eigenvalue weighted by Gasteiger charge is -2.22. The first-order valence-corrected chi connectivity index (χ1v) is 12.5. The van der Waals surface area contributed by atoms with Gasteiger partial charge in [0.25, 0.3) is 0 Å². The van der Waals surface area contributed by atoms with E-state index >= 15 is 0 Å². The highest BCUT2D eigenvalue weighted by Crippen LogP contribution is 2.39. The number of aryl methyl sites for hydroxylation is 2. The van der Waals surface area contributed by atoms with E-state index in [1.54, 1.807) is 12.1 Å². The highest BCUT2D eigenvalue weighted by atomic mass is 32.2. The number of carbonyl (C=O) groups is 2. The van der Waals surface area contributed by atoms with Gasteiger partial charge >= 0.3 is 0 Å². The lowest BCUT2D eigenvalue weighted by molar-refractivity contribution is -0.120. The van der Waals surface area contributed by atoms with Gasteiger partial charge in [0.1, 0.15) is 0 Å². The highest BCUT2D eigenvalue weighted by Gasteiger charge is 2.39. The first-order chi connectivity index (χ1) is 15.2. The minimum atomic E-state index is -3.76. The zero-order valence-corrected chi connectivity index (χ0v) is 19.5. The van der Waals surface area contributed by atoms with Crippen LogP contribution in [0.3, 0.4) is 0 Å². The van der Waals surface area contributed by atoms with E-state index in [1.807, 2.05) is 43.9 Å². The molecule has 0 spiro atoms. The van der Waals surface area contributed by atoms with Crippen molar-refractivity contribution < 1.29 is 18.0 Å². The fraction of sp³-hybridized carbons (Fsp3) is 0.417. The number of hydrogen-bond acceptors (Lipinski definition) is 4. The van der Waals surface area contributed by atoms with Crippen LogP contribution in [-0.4, -0.2) is 32.8 Å². The summed E-state index contributed by atoms with van der Waals surface area (Å²) in [7, 11) is -3.76. The van der Waals surface area contributed by atoms with Gasteiger partial charge in [-0.05, 0) is 75.4 Å². The Bertz CT molecular complexity index is 1170. The first kappa shape index (κ1) is 22.5. The van der Waals surface area contributed by atoms with Crippen molar-refractivity contribution in [1.82, 2.24) is 4.72 Å². The Morgan fingerprint density at radius 1 is 1.09 bits per heavy atom. The van der Waals surface area contributed by atoms with Gasteiger partial charge in [-0.3, -0.25) is 9.59 Å². The van der Waals surface area contributed by atoms with Crippen molar-refractivity contribution in [3.63, 3.8) is 0 Å². The molecule has 2 amide bonds. The molecule has 1 atom stereocenters. The summed E-state index contributed by atoms with van der Waals surface area (Å²) in [4.78, 5) is 26.8. The SMILES string of the molecule is Cc1ccc(NC(=O)CCNS(=O)(=O)c2ccc3c(c2)C[C@@H](C)N3C(=O)C2CC2)c(C)c1. The molecule has 2 aromatic rings. The van der Waals surface area contributed by atoms with Gasteiger partial charge in [-0.1, -0.05) is 17.7 Å². The van der Waals surface area contributed by atoms with E-state index in [2.05, 4.69) is 10.0 Å². The van der Waals surface area contributed by atoms with Gasteiger partial charge in [0.2, 0.25) is 21.8 Å². The fourth-order valence-electron chi connectivity index (χ4n) is 4.19. The number of carbonyl (C=O) groups excluding carboxylic acids is 2. The van der Waals surface area contributed by atoms with E-state index < -0.39 is 10.0 Å². The van der Waals surface area contributed by atoms with Gasteiger partial charge in [0.05, 0.1) is 4.90 Å². The predicted octanol–water partition coefficient (Wildman–Crippen LogP) is 3.30. The second kappa shape index (κ2) is 8.67. The number of fused-ring (bicyclic) bond motifs is 1. The first-order valence-electron chi connectivity index (χ1n) is 11.0. The molecule has 0 saturated heterocycles. The van der Waals surface area contributed by atoms with Crippen molar-refractivity contribution in [2.45, 2.75) is 57.4 Å². The Balaban J connectivity index is 1.37. The maximum Gasteiger partial charge on any atom is 0.240 e. The average Bonchev–Trinajstić information content (AvgIpc) is 3.51. The Hall–Kier alpha value is -2.71. The summed E-state index contributed by atoms with van der Waals surface area (Å²) < 4.78 is 28.0. The van der Waals surface area contributed by atoms with Crippen LogP contribution in [0.5, 0.6) is 0 Å². The summed E-state index contributed by atoms with van der Waals surface area (Å²) in [5, 5.41) is 2.82. The van der Waals surface area contributed by atoms with Crippen LogP contribution in [-0.2, 0) is 26.0 Å². The number of hydrogen-bond donors (Lipinski definition) is 2. The standard InChI is InChI=1S/C24H29N3O4S/c1-15-4-8-21(16(2)12-15)26-23(28)10-11-25-32(30,31)20-7-9-22-19(14-20)13-17(3)27(22)24(29)18-5-6-18/h4,7-9,12,14,17-18,25H,5-6,10-11,13H2,1-3H3,(H,26,28)/t17-/m1/s1. The van der Waals surface area contributed by atoms with Crippen molar-refractivity contribution in [2.75, 3.05) is 16.8 Å². The third-order valence-corrected chi connectivity index (χ3v) is 7.50. The van der Waals surface area contributed by atoms with E-state index in [1.165, 1.54) is 6.07 Å². The number of benzene rings is 2. The third kappa shape index (κ3) is 4.71. The summed E-state index contributed by atoms with van der Waals surface area (Å²) in [5.74, 6) is -0.000196. The van der Waals surface area contributed by atoms with Crippen LogP contribution in [0.4, 0.5) is 11.4 Å². The molecule has 2 aliphatic rings. The molecule has 170 valence electrons. The van der Waals surface area contributed by atoms with Gasteiger partial charge < -0.3 is 10.2 Å². The van der Waals surface area contributed by atoms with E-state index in [0.29, 0.717) is 6.42 Å². The lowest BCUT2D eigenvalue weighted by Crippen LogP contribution is -2.36. The highest BCUT2D eigenvalue weighted by molar-refractivity contribution is 7.89. The topological polar surface area (TPSA) is 95.6 Å². The maximum atomic E-state index is 12.8. The van der Waals surface area contributed by atoms with Crippen molar-refractivity contribution in [1.29, 1.82) is 0 Å². The number of amides is 2. The van der Waals surface area contributed by atoms with Gasteiger partial charge in [-0.15, -0.1) is 0 Å². The second-order valence-corrected chi connectivity index (χ2v) is 10.6. The van der Waals surface area contributed by atoms with Crippen LogP contribution in [0.1, 0.15) is 42.9 Å². The third-order valence-electron chi connectivity index (χ3n) is 6.04. The van der Waals surface area contributed by atoms with Crippen molar-refractivity contribution >= 4 is 33.2 Å². The summed E-state index contributed by atoms with van der Waals surface area (Å²) in [6.07, 6.45) is 2.53. The minimum Gasteiger partial charge on any atom is -0.326 e. The molecule has 1 aliphatic heterocycles. The van der Waals surface area contributed by atoms with Gasteiger partial charge in [-0.2, -0.15) is 0 Å². The molecule has 4 rings (SSSR count). The van der Waals surface area contributed by atoms with Crippen LogP contribution in [0.25, 0.3) is 0 Å². The molecule has 2 N–H and O–H groups in total. The monoisotopic (exact) mass is 455 g/mol. The van der Waals surface area contributed by atoms with Crippen molar-refractivity contribution in [3.05, 3.63) is 53.1 Å². The number of rotatable bonds is 7. The molecule has 7 nitrogen and oxygen atoms in total. The van der Waals surface area contributed by atoms with E-state index in [-0.39, 0.29) is 41.6 Å². The molecule has 1 saturated carbocycles. The van der Waals surface area contributed by atoms with Crippen LogP contribution < -0.4 is 14.9 Å². The van der Waals surface area contributed by atoms with Gasteiger partial charge in [0, 0.05) is 36.3 Å². The number of nitrogens with one attached hydrogen (secondary N) is 2. The summed E-state index contributed by atoms with van der Waals surface area (Å²) in [5.41, 5.74) is 4.46. The van der Waals surface area contributed by atoms with Crippen LogP contribution in [0, 0.1) is 19.8 Å². The normalized spacial score (nSPS) is 17.8. The van der Waals surface area contributed by atoms with Crippen LogP contribution >= 0.6 is 0 Å². The van der Waals surface area contributed by atoms with Crippen molar-refractivity contribution in [2.24, 2.45) is 5.92 Å². The molecular weight excluding hydrogens is 426 g/mol. The summed E-state index contributed by atoms with van der Waals surface area (Å²) >= 11 is 0. The zero-order valence-electron chi connectivity index (χ0n) is 18.6. The van der Waals surface area contributed by atoms with Crippen LogP contribution in [0.15, 0.2) is 41.3 Å². The van der Waals surface area contributed by atoms with Crippen LogP contribution in [0.2, 0.25) is 0 Å². The lowest BCUT2D eigenvalue weighted by atomic mass is 10.1. The Labute approximate surface area is 189 Å².